The fourth-order valence-corrected chi connectivity index (χ4v) is 3.67. The highest BCUT2D eigenvalue weighted by atomic mass is 79.9. The molecule has 23 heavy (non-hydrogen) atoms. The van der Waals surface area contributed by atoms with E-state index in [0.29, 0.717) is 0 Å². The standard InChI is InChI=1S/C18H12BBr2NO/c20-12-9-10-18-17(11-12)22-19(23-18)15-7-3-1-5-13(15)14-6-2-4-8-16(14)21/h1-11,22H. The maximum Gasteiger partial charge on any atom is 0.517 e. The Kier molecular flexibility index (Phi) is 3.91. The Balaban J connectivity index is 1.76. The molecule has 5 heteroatoms. The Morgan fingerprint density at radius 2 is 1.57 bits per heavy atom. The summed E-state index contributed by atoms with van der Waals surface area (Å²) in [6.45, 7) is 0. The molecule has 0 aromatic heterocycles. The van der Waals surface area contributed by atoms with Crippen molar-refractivity contribution < 1.29 is 4.65 Å². The van der Waals surface area contributed by atoms with Crippen LogP contribution < -0.4 is 15.3 Å². The number of halogens is 2. The predicted octanol–water partition coefficient (Wildman–Crippen LogP) is 5.08. The van der Waals surface area contributed by atoms with Crippen LogP contribution in [-0.2, 0) is 0 Å². The van der Waals surface area contributed by atoms with E-state index >= 15 is 0 Å². The number of rotatable bonds is 2. The molecule has 1 N–H and O–H groups in total. The summed E-state index contributed by atoms with van der Waals surface area (Å²) in [5.41, 5.74) is 4.44. The molecule has 0 unspecified atom stereocenters. The van der Waals surface area contributed by atoms with Crippen LogP contribution in [-0.4, -0.2) is 7.05 Å². The molecule has 0 atom stereocenters. The molecule has 4 rings (SSSR count). The molecule has 0 aliphatic carbocycles. The van der Waals surface area contributed by atoms with Crippen LogP contribution in [0, 0.1) is 0 Å². The summed E-state index contributed by atoms with van der Waals surface area (Å²) in [7, 11) is -0.192. The first kappa shape index (κ1) is 14.9. The summed E-state index contributed by atoms with van der Waals surface area (Å²) < 4.78 is 8.21. The third-order valence-corrected chi connectivity index (χ3v) is 5.07. The summed E-state index contributed by atoms with van der Waals surface area (Å²) in [6, 6.07) is 22.6. The Morgan fingerprint density at radius 1 is 0.826 bits per heavy atom. The zero-order chi connectivity index (χ0) is 15.8. The van der Waals surface area contributed by atoms with Gasteiger partial charge in [-0.3, -0.25) is 0 Å². The first-order valence-electron chi connectivity index (χ1n) is 7.29. The molecule has 0 saturated heterocycles. The summed E-state index contributed by atoms with van der Waals surface area (Å²) in [4.78, 5) is 0. The number of benzene rings is 3. The smallest absolute Gasteiger partial charge is 0.517 e. The van der Waals surface area contributed by atoms with Gasteiger partial charge >= 0.3 is 7.05 Å². The molecule has 0 bridgehead atoms. The van der Waals surface area contributed by atoms with Gasteiger partial charge in [-0.1, -0.05) is 74.3 Å². The Labute approximate surface area is 152 Å². The van der Waals surface area contributed by atoms with Crippen molar-refractivity contribution in [2.45, 2.75) is 0 Å². The predicted molar refractivity (Wildman–Crippen MR) is 103 cm³/mol. The Morgan fingerprint density at radius 3 is 2.39 bits per heavy atom. The maximum absolute atomic E-state index is 6.10. The molecular weight excluding hydrogens is 417 g/mol. The lowest BCUT2D eigenvalue weighted by Gasteiger charge is -2.13. The van der Waals surface area contributed by atoms with E-state index in [4.69, 9.17) is 4.65 Å². The third kappa shape index (κ3) is 2.79. The lowest BCUT2D eigenvalue weighted by molar-refractivity contribution is 0.606. The molecule has 1 aliphatic heterocycles. The summed E-state index contributed by atoms with van der Waals surface area (Å²) in [5, 5.41) is 3.45. The third-order valence-electron chi connectivity index (χ3n) is 3.88. The molecule has 0 radical (unpaired) electrons. The van der Waals surface area contributed by atoms with Crippen LogP contribution in [0.3, 0.4) is 0 Å². The number of anilines is 1. The van der Waals surface area contributed by atoms with Crippen LogP contribution in [0.4, 0.5) is 5.69 Å². The van der Waals surface area contributed by atoms with E-state index < -0.39 is 0 Å². The molecule has 2 nitrogen and oxygen atoms in total. The van der Waals surface area contributed by atoms with Crippen LogP contribution in [0.1, 0.15) is 0 Å². The van der Waals surface area contributed by atoms with Gasteiger partial charge < -0.3 is 9.88 Å². The van der Waals surface area contributed by atoms with Gasteiger partial charge in [-0.25, -0.2) is 0 Å². The number of hydrogen-bond acceptors (Lipinski definition) is 2. The highest BCUT2D eigenvalue weighted by Gasteiger charge is 2.32. The van der Waals surface area contributed by atoms with E-state index in [9.17, 15) is 0 Å². The van der Waals surface area contributed by atoms with Crippen molar-refractivity contribution in [3.05, 3.63) is 75.7 Å². The molecule has 0 spiro atoms. The average Bonchev–Trinajstić information content (AvgIpc) is 2.98. The normalized spacial score (nSPS) is 12.5. The number of nitrogens with one attached hydrogen (secondary N) is 1. The zero-order valence-corrected chi connectivity index (χ0v) is 15.3. The van der Waals surface area contributed by atoms with E-state index in [2.05, 4.69) is 67.4 Å². The largest absolute Gasteiger partial charge is 0.536 e. The van der Waals surface area contributed by atoms with Crippen molar-refractivity contribution in [1.82, 2.24) is 0 Å². The molecule has 1 aliphatic rings. The van der Waals surface area contributed by atoms with E-state index in [-0.39, 0.29) is 7.05 Å². The van der Waals surface area contributed by atoms with E-state index in [1.807, 2.05) is 36.4 Å². The molecule has 0 amide bonds. The van der Waals surface area contributed by atoms with Crippen LogP contribution in [0.2, 0.25) is 0 Å². The van der Waals surface area contributed by atoms with Gasteiger partial charge in [0.25, 0.3) is 0 Å². The van der Waals surface area contributed by atoms with Crippen LogP contribution in [0.25, 0.3) is 11.1 Å². The van der Waals surface area contributed by atoms with Gasteiger partial charge in [0.05, 0.1) is 5.69 Å². The van der Waals surface area contributed by atoms with Gasteiger partial charge in [-0.05, 0) is 40.9 Å². The van der Waals surface area contributed by atoms with Crippen molar-refractivity contribution in [1.29, 1.82) is 0 Å². The summed E-state index contributed by atoms with van der Waals surface area (Å²) in [5.74, 6) is 0.875. The monoisotopic (exact) mass is 427 g/mol. The lowest BCUT2D eigenvalue weighted by atomic mass is 9.70. The molecule has 3 aromatic rings. The number of fused-ring (bicyclic) bond motifs is 1. The second kappa shape index (κ2) is 6.06. The van der Waals surface area contributed by atoms with Gasteiger partial charge in [0.2, 0.25) is 0 Å². The van der Waals surface area contributed by atoms with Gasteiger partial charge in [-0.2, -0.15) is 0 Å². The summed E-state index contributed by atoms with van der Waals surface area (Å²) in [6.07, 6.45) is 0. The Bertz CT molecular complexity index is 884. The van der Waals surface area contributed by atoms with Crippen molar-refractivity contribution >= 4 is 50.1 Å². The summed E-state index contributed by atoms with van der Waals surface area (Å²) >= 11 is 7.15. The van der Waals surface area contributed by atoms with Crippen LogP contribution in [0.15, 0.2) is 75.7 Å². The zero-order valence-electron chi connectivity index (χ0n) is 12.1. The minimum Gasteiger partial charge on any atom is -0.536 e. The van der Waals surface area contributed by atoms with E-state index in [1.54, 1.807) is 0 Å². The van der Waals surface area contributed by atoms with Crippen molar-refractivity contribution in [3.8, 4) is 16.9 Å². The number of hydrogen-bond donors (Lipinski definition) is 1. The van der Waals surface area contributed by atoms with Crippen molar-refractivity contribution in [3.63, 3.8) is 0 Å². The molecular formula is C18H12BBr2NO. The first-order valence-corrected chi connectivity index (χ1v) is 8.87. The molecule has 112 valence electrons. The SMILES string of the molecule is Brc1ccc2c(c1)NB(c1ccccc1-c1ccccc1Br)O2. The van der Waals surface area contributed by atoms with Crippen LogP contribution >= 0.6 is 31.9 Å². The molecule has 1 heterocycles. The lowest BCUT2D eigenvalue weighted by Crippen LogP contribution is -2.41. The average molecular weight is 429 g/mol. The van der Waals surface area contributed by atoms with E-state index in [0.717, 1.165) is 37.0 Å². The second-order valence-corrected chi connectivity index (χ2v) is 7.12. The first-order chi connectivity index (χ1) is 11.2. The fourth-order valence-electron chi connectivity index (χ4n) is 2.81. The fraction of sp³-hybridized carbons (Fsp3) is 0. The Hall–Kier alpha value is -1.72. The van der Waals surface area contributed by atoms with Gasteiger partial charge in [0, 0.05) is 8.95 Å². The second-order valence-electron chi connectivity index (χ2n) is 5.35. The molecule has 0 fully saturated rings. The maximum atomic E-state index is 6.10. The van der Waals surface area contributed by atoms with Gasteiger partial charge in [-0.15, -0.1) is 0 Å². The van der Waals surface area contributed by atoms with Crippen molar-refractivity contribution in [2.75, 3.05) is 5.23 Å². The van der Waals surface area contributed by atoms with Gasteiger partial charge in [0.1, 0.15) is 5.75 Å². The highest BCUT2D eigenvalue weighted by molar-refractivity contribution is 9.10. The van der Waals surface area contributed by atoms with Gasteiger partial charge in [0.15, 0.2) is 0 Å². The minimum absolute atomic E-state index is 0.192. The molecule has 3 aromatic carbocycles. The topological polar surface area (TPSA) is 21.3 Å². The van der Waals surface area contributed by atoms with E-state index in [1.165, 1.54) is 0 Å². The highest BCUT2D eigenvalue weighted by Crippen LogP contribution is 2.34. The quantitative estimate of drug-likeness (QED) is 0.575. The molecule has 0 saturated carbocycles. The minimum atomic E-state index is -0.192. The van der Waals surface area contributed by atoms with Crippen LogP contribution in [0.5, 0.6) is 5.75 Å². The van der Waals surface area contributed by atoms with Crippen molar-refractivity contribution in [2.24, 2.45) is 0 Å².